The zero-order valence-corrected chi connectivity index (χ0v) is 17.2. The Morgan fingerprint density at radius 2 is 1.81 bits per heavy atom. The number of rotatable bonds is 5. The van der Waals surface area contributed by atoms with E-state index in [-0.39, 0.29) is 12.5 Å². The van der Waals surface area contributed by atoms with Crippen LogP contribution < -0.4 is 16.0 Å². The number of nitrogens with one attached hydrogen (secondary N) is 1. The molecule has 2 aliphatic rings. The molecule has 0 saturated carbocycles. The molecule has 2 aliphatic heterocycles. The molecule has 7 nitrogen and oxygen atoms in total. The fraction of sp³-hybridized carbons (Fsp3) is 0.524. The first-order valence-electron chi connectivity index (χ1n) is 10.5. The Kier molecular flexibility index (Phi) is 6.47. The third-order valence-electron chi connectivity index (χ3n) is 5.81. The van der Waals surface area contributed by atoms with E-state index in [0.29, 0.717) is 17.4 Å². The summed E-state index contributed by atoms with van der Waals surface area (Å²) in [4.78, 5) is 13.2. The zero-order valence-electron chi connectivity index (χ0n) is 17.2. The molecule has 1 aromatic carbocycles. The Hall–Kier alpha value is -2.59. The molecular weight excluding hydrogens is 409 g/mol. The lowest BCUT2D eigenvalue weighted by Gasteiger charge is -2.40. The van der Waals surface area contributed by atoms with Gasteiger partial charge in [0.05, 0.1) is 18.8 Å². The number of morpholine rings is 1. The average molecular weight is 436 g/mol. The number of hydrogen-bond acceptors (Lipinski definition) is 7. The summed E-state index contributed by atoms with van der Waals surface area (Å²) in [5, 5.41) is 3.07. The van der Waals surface area contributed by atoms with Crippen LogP contribution in [0.5, 0.6) is 0 Å². The van der Waals surface area contributed by atoms with Gasteiger partial charge in [-0.15, -0.1) is 0 Å². The fourth-order valence-corrected chi connectivity index (χ4v) is 4.16. The van der Waals surface area contributed by atoms with Crippen molar-refractivity contribution in [2.45, 2.75) is 31.6 Å². The minimum absolute atomic E-state index is 0.138. The molecule has 0 spiro atoms. The van der Waals surface area contributed by atoms with Gasteiger partial charge in [0.2, 0.25) is 5.95 Å². The van der Waals surface area contributed by atoms with E-state index in [9.17, 15) is 13.2 Å². The van der Waals surface area contributed by atoms with Gasteiger partial charge < -0.3 is 20.7 Å². The van der Waals surface area contributed by atoms with E-state index in [1.54, 1.807) is 12.1 Å². The van der Waals surface area contributed by atoms with E-state index in [1.165, 1.54) is 6.07 Å². The molecule has 0 amide bonds. The lowest BCUT2D eigenvalue weighted by atomic mass is 10.0. The van der Waals surface area contributed by atoms with Crippen molar-refractivity contribution in [3.63, 3.8) is 0 Å². The highest BCUT2D eigenvalue weighted by Crippen LogP contribution is 2.30. The fourth-order valence-electron chi connectivity index (χ4n) is 4.16. The second kappa shape index (κ2) is 9.27. The second-order valence-corrected chi connectivity index (χ2v) is 7.89. The largest absolute Gasteiger partial charge is 0.416 e. The maximum Gasteiger partial charge on any atom is 0.416 e. The Morgan fingerprint density at radius 3 is 2.52 bits per heavy atom. The molecular formula is C21H27F3N6O. The molecule has 2 aromatic rings. The molecule has 0 aliphatic carbocycles. The van der Waals surface area contributed by atoms with Crippen LogP contribution in [0, 0.1) is 0 Å². The number of halogens is 3. The Bertz CT molecular complexity index is 880. The van der Waals surface area contributed by atoms with Gasteiger partial charge in [-0.05, 0) is 30.5 Å². The van der Waals surface area contributed by atoms with E-state index in [4.69, 9.17) is 10.5 Å². The van der Waals surface area contributed by atoms with Crippen LogP contribution in [0.4, 0.5) is 30.8 Å². The van der Waals surface area contributed by atoms with Gasteiger partial charge in [0.25, 0.3) is 0 Å². The Balaban J connectivity index is 1.38. The number of hydrogen-bond donors (Lipinski definition) is 2. The number of ether oxygens (including phenoxy) is 1. The molecule has 4 rings (SSSR count). The maximum atomic E-state index is 12.9. The molecule has 2 saturated heterocycles. The molecule has 0 radical (unpaired) electrons. The summed E-state index contributed by atoms with van der Waals surface area (Å²) in [5.74, 6) is 1.37. The minimum atomic E-state index is -4.37. The Labute approximate surface area is 179 Å². The van der Waals surface area contributed by atoms with Gasteiger partial charge in [-0.1, -0.05) is 12.1 Å². The highest BCUT2D eigenvalue weighted by molar-refractivity contribution is 5.53. The first-order valence-corrected chi connectivity index (χ1v) is 10.5. The van der Waals surface area contributed by atoms with Crippen LogP contribution in [0.1, 0.15) is 24.0 Å². The highest BCUT2D eigenvalue weighted by atomic mass is 19.4. The molecule has 3 heterocycles. The van der Waals surface area contributed by atoms with Crippen LogP contribution in [-0.2, 0) is 17.5 Å². The molecule has 0 bridgehead atoms. The van der Waals surface area contributed by atoms with Crippen LogP contribution in [0.3, 0.4) is 0 Å². The normalized spacial score (nSPS) is 18.9. The number of anilines is 3. The van der Waals surface area contributed by atoms with Crippen molar-refractivity contribution >= 4 is 17.6 Å². The zero-order chi connectivity index (χ0) is 21.8. The second-order valence-electron chi connectivity index (χ2n) is 7.89. The van der Waals surface area contributed by atoms with Gasteiger partial charge in [-0.2, -0.15) is 23.1 Å². The molecule has 10 heteroatoms. The van der Waals surface area contributed by atoms with Crippen LogP contribution in [-0.4, -0.2) is 60.3 Å². The summed E-state index contributed by atoms with van der Waals surface area (Å²) in [6.07, 6.45) is -2.29. The van der Waals surface area contributed by atoms with Gasteiger partial charge in [0, 0.05) is 44.8 Å². The molecule has 1 aromatic heterocycles. The highest BCUT2D eigenvalue weighted by Gasteiger charge is 2.30. The lowest BCUT2D eigenvalue weighted by Crippen LogP contribution is -2.49. The van der Waals surface area contributed by atoms with Crippen LogP contribution >= 0.6 is 0 Å². The predicted molar refractivity (Wildman–Crippen MR) is 113 cm³/mol. The summed E-state index contributed by atoms with van der Waals surface area (Å²) in [6, 6.07) is 7.60. The van der Waals surface area contributed by atoms with E-state index < -0.39 is 11.7 Å². The lowest BCUT2D eigenvalue weighted by molar-refractivity contribution is -0.137. The predicted octanol–water partition coefficient (Wildman–Crippen LogP) is 2.99. The summed E-state index contributed by atoms with van der Waals surface area (Å²) in [7, 11) is 0. The summed E-state index contributed by atoms with van der Waals surface area (Å²) < 4.78 is 44.2. The van der Waals surface area contributed by atoms with Gasteiger partial charge in [-0.3, -0.25) is 4.90 Å². The Morgan fingerprint density at radius 1 is 1.06 bits per heavy atom. The van der Waals surface area contributed by atoms with E-state index in [0.717, 1.165) is 70.2 Å². The maximum absolute atomic E-state index is 12.9. The quantitative estimate of drug-likeness (QED) is 0.746. The van der Waals surface area contributed by atoms with E-state index in [1.807, 2.05) is 0 Å². The molecule has 31 heavy (non-hydrogen) atoms. The summed E-state index contributed by atoms with van der Waals surface area (Å²) >= 11 is 0. The van der Waals surface area contributed by atoms with Crippen molar-refractivity contribution in [1.29, 1.82) is 0 Å². The molecule has 2 fully saturated rings. The summed E-state index contributed by atoms with van der Waals surface area (Å²) in [6.45, 7) is 5.49. The third kappa shape index (κ3) is 5.56. The number of alkyl halides is 3. The summed E-state index contributed by atoms with van der Waals surface area (Å²) in [5.41, 5.74) is 5.75. The van der Waals surface area contributed by atoms with Crippen LogP contribution in [0.2, 0.25) is 0 Å². The van der Waals surface area contributed by atoms with Crippen molar-refractivity contribution in [2.75, 3.05) is 55.3 Å². The van der Waals surface area contributed by atoms with Gasteiger partial charge in [0.15, 0.2) is 0 Å². The SMILES string of the molecule is Nc1nc(NCc2cccc(C(F)(F)F)c2)cc(N2CCC(N3CCOCC3)CC2)n1. The average Bonchev–Trinajstić information content (AvgIpc) is 2.78. The molecule has 3 N–H and O–H groups in total. The van der Waals surface area contributed by atoms with Gasteiger partial charge in [-0.25, -0.2) is 0 Å². The monoisotopic (exact) mass is 436 g/mol. The van der Waals surface area contributed by atoms with Crippen molar-refractivity contribution in [2.24, 2.45) is 0 Å². The number of nitrogens with two attached hydrogens (primary N) is 1. The number of piperidine rings is 1. The first kappa shape index (κ1) is 21.6. The number of aromatic nitrogens is 2. The van der Waals surface area contributed by atoms with Crippen molar-refractivity contribution in [3.05, 3.63) is 41.5 Å². The number of benzene rings is 1. The third-order valence-corrected chi connectivity index (χ3v) is 5.81. The molecule has 0 unspecified atom stereocenters. The standard InChI is InChI=1S/C21H27F3N6O/c22-21(23,24)16-3-1-2-15(12-16)14-26-18-13-19(28-20(25)27-18)30-6-4-17(5-7-30)29-8-10-31-11-9-29/h1-3,12-13,17H,4-11,14H2,(H3,25,26,27,28). The minimum Gasteiger partial charge on any atom is -0.379 e. The van der Waals surface area contributed by atoms with Crippen LogP contribution in [0.15, 0.2) is 30.3 Å². The van der Waals surface area contributed by atoms with Gasteiger partial charge >= 0.3 is 6.18 Å². The van der Waals surface area contributed by atoms with Gasteiger partial charge in [0.1, 0.15) is 11.6 Å². The number of nitrogens with zero attached hydrogens (tertiary/aromatic N) is 4. The van der Waals surface area contributed by atoms with Crippen molar-refractivity contribution in [3.8, 4) is 0 Å². The topological polar surface area (TPSA) is 79.5 Å². The molecule has 0 atom stereocenters. The smallest absolute Gasteiger partial charge is 0.379 e. The first-order chi connectivity index (χ1) is 14.9. The van der Waals surface area contributed by atoms with E-state index >= 15 is 0 Å². The van der Waals surface area contributed by atoms with Crippen LogP contribution in [0.25, 0.3) is 0 Å². The number of nitrogen functional groups attached to an aromatic ring is 1. The van der Waals surface area contributed by atoms with E-state index in [2.05, 4.69) is 25.1 Å². The van der Waals surface area contributed by atoms with Crippen molar-refractivity contribution < 1.29 is 17.9 Å². The molecule has 168 valence electrons. The van der Waals surface area contributed by atoms with Crippen molar-refractivity contribution in [1.82, 2.24) is 14.9 Å².